The van der Waals surface area contributed by atoms with E-state index < -0.39 is 0 Å². The zero-order valence-electron chi connectivity index (χ0n) is 17.9. The number of piperidine rings is 1. The van der Waals surface area contributed by atoms with Crippen LogP contribution in [0.1, 0.15) is 47.2 Å². The summed E-state index contributed by atoms with van der Waals surface area (Å²) < 4.78 is 0. The van der Waals surface area contributed by atoms with Gasteiger partial charge in [-0.25, -0.2) is 0 Å². The van der Waals surface area contributed by atoms with Gasteiger partial charge in [0.05, 0.1) is 17.3 Å². The maximum absolute atomic E-state index is 11.9. The normalized spacial score (nSPS) is 16.1. The molecule has 0 radical (unpaired) electrons. The van der Waals surface area contributed by atoms with Crippen LogP contribution in [0.2, 0.25) is 0 Å². The Morgan fingerprint density at radius 1 is 1.16 bits per heavy atom. The molecule has 4 rings (SSSR count). The molecule has 1 amide bonds. The minimum Gasteiger partial charge on any atom is -0.355 e. The predicted octanol–water partition coefficient (Wildman–Crippen LogP) is 2.41. The second kappa shape index (κ2) is 9.86. The van der Waals surface area contributed by atoms with Gasteiger partial charge in [0.15, 0.2) is 0 Å². The molecule has 2 aliphatic rings. The summed E-state index contributed by atoms with van der Waals surface area (Å²) in [6.45, 7) is 3.66. The number of aryl methyl sites for hydroxylation is 2. The molecular formula is C25H29N5O. The van der Waals surface area contributed by atoms with Crippen LogP contribution in [0, 0.1) is 11.3 Å². The molecule has 1 aromatic heterocycles. The van der Waals surface area contributed by atoms with Gasteiger partial charge in [-0.2, -0.15) is 5.26 Å². The fourth-order valence-electron chi connectivity index (χ4n) is 4.59. The van der Waals surface area contributed by atoms with Crippen molar-refractivity contribution in [3.8, 4) is 6.07 Å². The molecule has 2 heterocycles. The summed E-state index contributed by atoms with van der Waals surface area (Å²) in [4.78, 5) is 19.0. The van der Waals surface area contributed by atoms with Gasteiger partial charge in [-0.3, -0.25) is 9.78 Å². The predicted molar refractivity (Wildman–Crippen MR) is 121 cm³/mol. The molecular weight excluding hydrogens is 386 g/mol. The van der Waals surface area contributed by atoms with Gasteiger partial charge in [0, 0.05) is 50.9 Å². The molecule has 0 bridgehead atoms. The summed E-state index contributed by atoms with van der Waals surface area (Å²) in [7, 11) is 0. The summed E-state index contributed by atoms with van der Waals surface area (Å²) in [5.41, 5.74) is 13.7. The first-order chi connectivity index (χ1) is 15.2. The van der Waals surface area contributed by atoms with Crippen molar-refractivity contribution in [2.24, 2.45) is 5.73 Å². The van der Waals surface area contributed by atoms with E-state index in [-0.39, 0.29) is 5.91 Å². The van der Waals surface area contributed by atoms with Gasteiger partial charge >= 0.3 is 0 Å². The first-order valence-corrected chi connectivity index (χ1v) is 11.1. The molecule has 2 aromatic rings. The lowest BCUT2D eigenvalue weighted by atomic mass is 9.88. The zero-order chi connectivity index (χ0) is 21.6. The second-order valence-corrected chi connectivity index (χ2v) is 8.20. The van der Waals surface area contributed by atoms with Crippen LogP contribution in [-0.2, 0) is 17.6 Å². The molecule has 1 aromatic carbocycles. The first-order valence-electron chi connectivity index (χ1n) is 11.1. The van der Waals surface area contributed by atoms with Crippen molar-refractivity contribution < 1.29 is 4.79 Å². The summed E-state index contributed by atoms with van der Waals surface area (Å²) in [5.74, 6) is 0.0683. The number of nitrogens with zero attached hydrogens (tertiary/aromatic N) is 3. The monoisotopic (exact) mass is 415 g/mol. The molecule has 0 saturated carbocycles. The van der Waals surface area contributed by atoms with Crippen LogP contribution in [0.3, 0.4) is 0 Å². The highest BCUT2D eigenvalue weighted by atomic mass is 16.1. The van der Waals surface area contributed by atoms with E-state index in [0.717, 1.165) is 51.0 Å². The Morgan fingerprint density at radius 2 is 1.97 bits per heavy atom. The van der Waals surface area contributed by atoms with Crippen molar-refractivity contribution in [2.75, 3.05) is 32.7 Å². The number of amides is 1. The topological polar surface area (TPSA) is 95.0 Å². The third kappa shape index (κ3) is 4.84. The molecule has 0 atom stereocenters. The number of hydrogen-bond donors (Lipinski definition) is 2. The van der Waals surface area contributed by atoms with E-state index >= 15 is 0 Å². The Kier molecular flexibility index (Phi) is 6.76. The molecule has 1 aliphatic carbocycles. The molecule has 3 N–H and O–H groups in total. The number of likely N-dealkylation sites (tertiary alicyclic amines) is 1. The van der Waals surface area contributed by atoms with Crippen LogP contribution >= 0.6 is 0 Å². The fourth-order valence-corrected chi connectivity index (χ4v) is 4.59. The van der Waals surface area contributed by atoms with Crippen LogP contribution in [0.5, 0.6) is 0 Å². The lowest BCUT2D eigenvalue weighted by molar-refractivity contribution is -0.121. The lowest BCUT2D eigenvalue weighted by Gasteiger charge is -2.30. The Hall–Kier alpha value is -3.01. The molecule has 1 aliphatic heterocycles. The number of carbonyl (C=O) groups excluding carboxylic acids is 1. The Labute approximate surface area is 183 Å². The van der Waals surface area contributed by atoms with Gasteiger partial charge in [-0.15, -0.1) is 0 Å². The largest absolute Gasteiger partial charge is 0.355 e. The van der Waals surface area contributed by atoms with E-state index in [0.29, 0.717) is 25.1 Å². The minimum atomic E-state index is 0.0683. The third-order valence-corrected chi connectivity index (χ3v) is 6.23. The number of nitrogens with two attached hydrogens (primary N) is 1. The van der Waals surface area contributed by atoms with Crippen molar-refractivity contribution in [1.82, 2.24) is 15.2 Å². The van der Waals surface area contributed by atoms with Gasteiger partial charge < -0.3 is 16.0 Å². The van der Waals surface area contributed by atoms with Gasteiger partial charge in [0.1, 0.15) is 0 Å². The standard InChI is InChI=1S/C25H29N5O/c26-10-12-28-23(31)9-15-30-13-7-19(8-14-30)24-22-6-3-18(17-27)16-21(22)5-4-20-2-1-11-29-25(20)24/h1-3,6,11,16H,4-5,7-10,12-15,26H2,(H,28,31). The average Bonchev–Trinajstić information content (AvgIpc) is 2.98. The highest BCUT2D eigenvalue weighted by Gasteiger charge is 2.25. The number of nitrogens with one attached hydrogen (secondary N) is 1. The van der Waals surface area contributed by atoms with Gasteiger partial charge in [0.2, 0.25) is 5.91 Å². The molecule has 1 fully saturated rings. The molecule has 0 spiro atoms. The van der Waals surface area contributed by atoms with E-state index in [4.69, 9.17) is 10.7 Å². The number of benzene rings is 1. The van der Waals surface area contributed by atoms with E-state index in [1.807, 2.05) is 24.4 Å². The molecule has 6 nitrogen and oxygen atoms in total. The van der Waals surface area contributed by atoms with Crippen molar-refractivity contribution >= 4 is 11.5 Å². The van der Waals surface area contributed by atoms with E-state index in [9.17, 15) is 10.1 Å². The van der Waals surface area contributed by atoms with Crippen molar-refractivity contribution in [3.63, 3.8) is 0 Å². The van der Waals surface area contributed by atoms with Crippen molar-refractivity contribution in [3.05, 3.63) is 70.0 Å². The fraction of sp³-hybridized carbons (Fsp3) is 0.400. The number of pyridine rings is 1. The maximum Gasteiger partial charge on any atom is 0.221 e. The molecule has 31 heavy (non-hydrogen) atoms. The number of carbonyl (C=O) groups is 1. The van der Waals surface area contributed by atoms with E-state index in [1.54, 1.807) is 0 Å². The summed E-state index contributed by atoms with van der Waals surface area (Å²) in [6.07, 6.45) is 6.18. The summed E-state index contributed by atoms with van der Waals surface area (Å²) in [5, 5.41) is 12.2. The smallest absolute Gasteiger partial charge is 0.221 e. The summed E-state index contributed by atoms with van der Waals surface area (Å²) in [6, 6.07) is 12.5. The minimum absolute atomic E-state index is 0.0683. The first kappa shape index (κ1) is 21.2. The number of rotatable bonds is 5. The Balaban J connectivity index is 1.57. The molecule has 6 heteroatoms. The van der Waals surface area contributed by atoms with Gasteiger partial charge in [-0.05, 0) is 60.6 Å². The Morgan fingerprint density at radius 3 is 2.74 bits per heavy atom. The number of aromatic nitrogens is 1. The van der Waals surface area contributed by atoms with E-state index in [1.165, 1.54) is 27.8 Å². The summed E-state index contributed by atoms with van der Waals surface area (Å²) >= 11 is 0. The van der Waals surface area contributed by atoms with Crippen LogP contribution < -0.4 is 11.1 Å². The second-order valence-electron chi connectivity index (χ2n) is 8.20. The third-order valence-electron chi connectivity index (χ3n) is 6.23. The van der Waals surface area contributed by atoms with Crippen LogP contribution in [0.15, 0.2) is 42.1 Å². The van der Waals surface area contributed by atoms with Gasteiger partial charge in [0.25, 0.3) is 0 Å². The van der Waals surface area contributed by atoms with Crippen LogP contribution in [0.25, 0.3) is 5.57 Å². The highest BCUT2D eigenvalue weighted by molar-refractivity contribution is 5.84. The van der Waals surface area contributed by atoms with Gasteiger partial charge in [-0.1, -0.05) is 17.7 Å². The highest BCUT2D eigenvalue weighted by Crippen LogP contribution is 2.37. The van der Waals surface area contributed by atoms with Crippen LogP contribution in [0.4, 0.5) is 0 Å². The zero-order valence-corrected chi connectivity index (χ0v) is 17.9. The van der Waals surface area contributed by atoms with Crippen molar-refractivity contribution in [2.45, 2.75) is 32.1 Å². The van der Waals surface area contributed by atoms with Crippen LogP contribution in [-0.4, -0.2) is 48.5 Å². The molecule has 1 saturated heterocycles. The number of fused-ring (bicyclic) bond motifs is 2. The lowest BCUT2D eigenvalue weighted by Crippen LogP contribution is -2.36. The van der Waals surface area contributed by atoms with Crippen molar-refractivity contribution in [1.29, 1.82) is 5.26 Å². The number of nitriles is 1. The van der Waals surface area contributed by atoms with E-state index in [2.05, 4.69) is 28.4 Å². The quantitative estimate of drug-likeness (QED) is 0.782. The molecule has 160 valence electrons. The SMILES string of the molecule is N#Cc1ccc2c(c1)CCc1cccnc1C2=C1CCN(CCC(=O)NCCN)CC1. The number of hydrogen-bond acceptors (Lipinski definition) is 5. The maximum atomic E-state index is 11.9. The Bertz CT molecular complexity index is 1030. The average molecular weight is 416 g/mol. The molecule has 0 unspecified atom stereocenters.